The average Bonchev–Trinajstić information content (AvgIpc) is 2.78. The Morgan fingerprint density at radius 1 is 1.56 bits per heavy atom. The second kappa shape index (κ2) is 5.64. The Balaban J connectivity index is 2.03. The topological polar surface area (TPSA) is 44.5 Å². The van der Waals surface area contributed by atoms with Crippen LogP contribution in [0.4, 0.5) is 0 Å². The predicted molar refractivity (Wildman–Crippen MR) is 63.6 cm³/mol. The van der Waals surface area contributed by atoms with Gasteiger partial charge in [-0.3, -0.25) is 0 Å². The highest BCUT2D eigenvalue weighted by Gasteiger charge is 2.21. The highest BCUT2D eigenvalue weighted by Crippen LogP contribution is 2.23. The number of benzene rings is 1. The molecule has 1 saturated heterocycles. The van der Waals surface area contributed by atoms with E-state index < -0.39 is 0 Å². The quantitative estimate of drug-likeness (QED) is 0.879. The van der Waals surface area contributed by atoms with Gasteiger partial charge in [0.15, 0.2) is 0 Å². The lowest BCUT2D eigenvalue weighted by Crippen LogP contribution is -2.22. The zero-order valence-corrected chi connectivity index (χ0v) is 9.82. The van der Waals surface area contributed by atoms with E-state index in [1.807, 2.05) is 24.3 Å². The van der Waals surface area contributed by atoms with Gasteiger partial charge in [0.2, 0.25) is 0 Å². The summed E-state index contributed by atoms with van der Waals surface area (Å²) in [6.07, 6.45) is 1.01. The number of ether oxygens (including phenoxy) is 2. The van der Waals surface area contributed by atoms with E-state index in [2.05, 4.69) is 0 Å². The van der Waals surface area contributed by atoms with Crippen molar-refractivity contribution >= 4 is 11.6 Å². The molecule has 1 aromatic carbocycles. The fourth-order valence-corrected chi connectivity index (χ4v) is 2.03. The van der Waals surface area contributed by atoms with Crippen molar-refractivity contribution in [1.29, 1.82) is 0 Å². The van der Waals surface area contributed by atoms with Gasteiger partial charge in [-0.1, -0.05) is 23.7 Å². The zero-order valence-electron chi connectivity index (χ0n) is 9.06. The molecule has 88 valence electrons. The third-order valence-corrected chi connectivity index (χ3v) is 2.91. The maximum atomic E-state index is 5.94. The summed E-state index contributed by atoms with van der Waals surface area (Å²) < 4.78 is 11.2. The Bertz CT molecular complexity index is 340. The van der Waals surface area contributed by atoms with E-state index >= 15 is 0 Å². The molecule has 2 atom stereocenters. The molecule has 0 bridgehead atoms. The molecule has 1 aliphatic rings. The van der Waals surface area contributed by atoms with E-state index in [9.17, 15) is 0 Å². The second-order valence-electron chi connectivity index (χ2n) is 3.90. The predicted octanol–water partition coefficient (Wildman–Crippen LogP) is 2.15. The van der Waals surface area contributed by atoms with Gasteiger partial charge in [0, 0.05) is 18.2 Å². The molecule has 2 N–H and O–H groups in total. The van der Waals surface area contributed by atoms with Crippen molar-refractivity contribution < 1.29 is 9.47 Å². The molecule has 1 aromatic rings. The summed E-state index contributed by atoms with van der Waals surface area (Å²) in [5, 5.41) is 0.710. The highest BCUT2D eigenvalue weighted by molar-refractivity contribution is 6.30. The van der Waals surface area contributed by atoms with Crippen LogP contribution in [0.2, 0.25) is 5.02 Å². The van der Waals surface area contributed by atoms with Gasteiger partial charge >= 0.3 is 0 Å². The molecule has 2 rings (SSSR count). The summed E-state index contributed by atoms with van der Waals surface area (Å²) in [5.74, 6) is 0. The lowest BCUT2D eigenvalue weighted by atomic mass is 10.1. The first-order valence-corrected chi connectivity index (χ1v) is 5.86. The van der Waals surface area contributed by atoms with E-state index in [4.69, 9.17) is 26.8 Å². The minimum absolute atomic E-state index is 0.0922. The Kier molecular flexibility index (Phi) is 4.18. The molecule has 1 aliphatic heterocycles. The SMILES string of the molecule is NCC(OC1CCOC1)c1cccc(Cl)c1. The summed E-state index contributed by atoms with van der Waals surface area (Å²) in [7, 11) is 0. The number of hydrogen-bond donors (Lipinski definition) is 1. The minimum Gasteiger partial charge on any atom is -0.379 e. The van der Waals surface area contributed by atoms with Crippen LogP contribution in [0.3, 0.4) is 0 Å². The monoisotopic (exact) mass is 241 g/mol. The van der Waals surface area contributed by atoms with Crippen LogP contribution < -0.4 is 5.73 Å². The molecule has 0 spiro atoms. The molecule has 1 heterocycles. The minimum atomic E-state index is -0.0922. The van der Waals surface area contributed by atoms with E-state index in [0.29, 0.717) is 18.2 Å². The molecule has 0 radical (unpaired) electrons. The third kappa shape index (κ3) is 2.95. The van der Waals surface area contributed by atoms with Gasteiger partial charge in [0.25, 0.3) is 0 Å². The van der Waals surface area contributed by atoms with Gasteiger partial charge in [-0.25, -0.2) is 0 Å². The molecular weight excluding hydrogens is 226 g/mol. The van der Waals surface area contributed by atoms with Gasteiger partial charge < -0.3 is 15.2 Å². The van der Waals surface area contributed by atoms with Gasteiger partial charge in [0.1, 0.15) is 0 Å². The van der Waals surface area contributed by atoms with Crippen molar-refractivity contribution in [3.05, 3.63) is 34.9 Å². The van der Waals surface area contributed by atoms with Crippen LogP contribution >= 0.6 is 11.6 Å². The molecule has 0 aliphatic carbocycles. The Labute approximate surface area is 100 Å². The van der Waals surface area contributed by atoms with E-state index in [1.165, 1.54) is 0 Å². The van der Waals surface area contributed by atoms with Crippen LogP contribution in [0.15, 0.2) is 24.3 Å². The Morgan fingerprint density at radius 3 is 3.06 bits per heavy atom. The van der Waals surface area contributed by atoms with E-state index in [-0.39, 0.29) is 12.2 Å². The average molecular weight is 242 g/mol. The fraction of sp³-hybridized carbons (Fsp3) is 0.500. The summed E-state index contributed by atoms with van der Waals surface area (Å²) in [6.45, 7) is 1.89. The molecule has 3 nitrogen and oxygen atoms in total. The van der Waals surface area contributed by atoms with Gasteiger partial charge in [-0.2, -0.15) is 0 Å². The molecule has 1 fully saturated rings. The van der Waals surface area contributed by atoms with Gasteiger partial charge in [0.05, 0.1) is 18.8 Å². The summed E-state index contributed by atoms with van der Waals surface area (Å²) >= 11 is 5.94. The van der Waals surface area contributed by atoms with Crippen molar-refractivity contribution in [1.82, 2.24) is 0 Å². The van der Waals surface area contributed by atoms with Crippen molar-refractivity contribution in [2.45, 2.75) is 18.6 Å². The van der Waals surface area contributed by atoms with Crippen LogP contribution in [0.25, 0.3) is 0 Å². The molecule has 2 unspecified atom stereocenters. The normalized spacial score (nSPS) is 22.2. The summed E-state index contributed by atoms with van der Waals surface area (Å²) in [6, 6.07) is 7.64. The number of halogens is 1. The van der Waals surface area contributed by atoms with Crippen LogP contribution in [0.5, 0.6) is 0 Å². The molecule has 0 aromatic heterocycles. The first-order chi connectivity index (χ1) is 7.79. The second-order valence-corrected chi connectivity index (χ2v) is 4.34. The smallest absolute Gasteiger partial charge is 0.0952 e. The maximum Gasteiger partial charge on any atom is 0.0952 e. The molecule has 0 amide bonds. The van der Waals surface area contributed by atoms with Crippen molar-refractivity contribution in [3.63, 3.8) is 0 Å². The van der Waals surface area contributed by atoms with Crippen LogP contribution in [0.1, 0.15) is 18.1 Å². The van der Waals surface area contributed by atoms with Gasteiger partial charge in [-0.15, -0.1) is 0 Å². The number of nitrogens with two attached hydrogens (primary N) is 1. The third-order valence-electron chi connectivity index (χ3n) is 2.68. The van der Waals surface area contributed by atoms with Crippen LogP contribution in [-0.4, -0.2) is 25.9 Å². The zero-order chi connectivity index (χ0) is 11.4. The summed E-state index contributed by atoms with van der Waals surface area (Å²) in [4.78, 5) is 0. The van der Waals surface area contributed by atoms with Crippen molar-refractivity contribution in [2.75, 3.05) is 19.8 Å². The molecule has 0 saturated carbocycles. The molecule has 16 heavy (non-hydrogen) atoms. The van der Waals surface area contributed by atoms with E-state index in [0.717, 1.165) is 18.6 Å². The molecule has 4 heteroatoms. The Morgan fingerprint density at radius 2 is 2.44 bits per heavy atom. The number of hydrogen-bond acceptors (Lipinski definition) is 3. The molecular formula is C12H16ClNO2. The fourth-order valence-electron chi connectivity index (χ4n) is 1.83. The lowest BCUT2D eigenvalue weighted by Gasteiger charge is -2.20. The Hall–Kier alpha value is -0.610. The van der Waals surface area contributed by atoms with Crippen LogP contribution in [-0.2, 0) is 9.47 Å². The van der Waals surface area contributed by atoms with Gasteiger partial charge in [-0.05, 0) is 24.1 Å². The van der Waals surface area contributed by atoms with Crippen molar-refractivity contribution in [2.24, 2.45) is 5.73 Å². The largest absolute Gasteiger partial charge is 0.379 e. The van der Waals surface area contributed by atoms with Crippen molar-refractivity contribution in [3.8, 4) is 0 Å². The number of rotatable bonds is 4. The summed E-state index contributed by atoms with van der Waals surface area (Å²) in [5.41, 5.74) is 6.75. The first kappa shape index (κ1) is 11.9. The van der Waals surface area contributed by atoms with E-state index in [1.54, 1.807) is 0 Å². The highest BCUT2D eigenvalue weighted by atomic mass is 35.5. The lowest BCUT2D eigenvalue weighted by molar-refractivity contribution is -0.0125. The first-order valence-electron chi connectivity index (χ1n) is 5.48. The maximum absolute atomic E-state index is 5.94. The van der Waals surface area contributed by atoms with Crippen LogP contribution in [0, 0.1) is 0 Å². The standard InChI is InChI=1S/C12H16ClNO2/c13-10-3-1-2-9(6-10)12(7-14)16-11-4-5-15-8-11/h1-3,6,11-12H,4-5,7-8,14H2.